The minimum atomic E-state index is -0.795. The van der Waals surface area contributed by atoms with Gasteiger partial charge in [-0.05, 0) is 37.7 Å². The van der Waals surface area contributed by atoms with E-state index in [2.05, 4.69) is 13.0 Å². The second kappa shape index (κ2) is 12.7. The molecule has 25 heavy (non-hydrogen) atoms. The highest BCUT2D eigenvalue weighted by Crippen LogP contribution is 2.26. The molecular weight excluding hydrogens is 354 g/mol. The van der Waals surface area contributed by atoms with E-state index in [9.17, 15) is 10.1 Å². The summed E-state index contributed by atoms with van der Waals surface area (Å²) in [6, 6.07) is 10.8. The maximum Gasteiger partial charge on any atom is 0.339 e. The Hall–Kier alpha value is -1.58. The SMILES string of the molecule is CCCCCC(CC(C#N)OC(=O)c1ccccc1)SC(=S)OCC. The zero-order valence-electron chi connectivity index (χ0n) is 14.8. The van der Waals surface area contributed by atoms with Crippen LogP contribution >= 0.6 is 24.0 Å². The Bertz CT molecular complexity index is 572. The Morgan fingerprint density at radius 2 is 2.00 bits per heavy atom. The fourth-order valence-corrected chi connectivity index (χ4v) is 3.81. The van der Waals surface area contributed by atoms with E-state index in [4.69, 9.17) is 21.7 Å². The number of nitrogens with zero attached hydrogens (tertiary/aromatic N) is 1. The third kappa shape index (κ3) is 8.89. The van der Waals surface area contributed by atoms with Gasteiger partial charge in [0.1, 0.15) is 6.07 Å². The van der Waals surface area contributed by atoms with Crippen molar-refractivity contribution >= 4 is 34.3 Å². The van der Waals surface area contributed by atoms with Crippen LogP contribution in [-0.2, 0) is 9.47 Å². The van der Waals surface area contributed by atoms with Gasteiger partial charge < -0.3 is 9.47 Å². The first kappa shape index (κ1) is 21.5. The monoisotopic (exact) mass is 379 g/mol. The fraction of sp³-hybridized carbons (Fsp3) is 0.526. The highest BCUT2D eigenvalue weighted by molar-refractivity contribution is 8.23. The van der Waals surface area contributed by atoms with E-state index in [0.717, 1.165) is 25.7 Å². The standard InChI is InChI=1S/C19H25NO3S2/c1-3-5-7-12-17(25-19(24)22-4-2)13-16(14-20)23-18(21)15-10-8-6-9-11-15/h6,8-11,16-17H,3-5,7,12-13H2,1-2H3. The molecule has 0 spiro atoms. The summed E-state index contributed by atoms with van der Waals surface area (Å²) in [4.78, 5) is 12.1. The van der Waals surface area contributed by atoms with E-state index in [1.54, 1.807) is 24.3 Å². The van der Waals surface area contributed by atoms with Crippen molar-refractivity contribution in [3.05, 3.63) is 35.9 Å². The Kier molecular flexibility index (Phi) is 10.9. The topological polar surface area (TPSA) is 59.3 Å². The number of unbranched alkanes of at least 4 members (excludes halogenated alkanes) is 2. The molecule has 0 fully saturated rings. The van der Waals surface area contributed by atoms with Crippen molar-refractivity contribution in [2.45, 2.75) is 57.3 Å². The van der Waals surface area contributed by atoms with Gasteiger partial charge in [0.05, 0.1) is 12.2 Å². The second-order valence-corrected chi connectivity index (χ2v) is 7.45. The second-order valence-electron chi connectivity index (χ2n) is 5.54. The lowest BCUT2D eigenvalue weighted by atomic mass is 10.1. The number of carbonyl (C=O) groups excluding carboxylic acids is 1. The van der Waals surface area contributed by atoms with Gasteiger partial charge in [0.25, 0.3) is 0 Å². The smallest absolute Gasteiger partial charge is 0.339 e. The molecule has 1 aromatic rings. The van der Waals surface area contributed by atoms with Crippen molar-refractivity contribution in [3.63, 3.8) is 0 Å². The fourth-order valence-electron chi connectivity index (χ4n) is 2.27. The van der Waals surface area contributed by atoms with Crippen LogP contribution in [-0.4, -0.2) is 28.3 Å². The Morgan fingerprint density at radius 3 is 2.60 bits per heavy atom. The maximum absolute atomic E-state index is 12.1. The van der Waals surface area contributed by atoms with Crippen LogP contribution in [0.3, 0.4) is 0 Å². The van der Waals surface area contributed by atoms with Gasteiger partial charge in [0.15, 0.2) is 6.10 Å². The number of thiocarbonyl (C=S) groups is 1. The minimum absolute atomic E-state index is 0.0961. The third-order valence-corrected chi connectivity index (χ3v) is 5.01. The summed E-state index contributed by atoms with van der Waals surface area (Å²) >= 11 is 6.66. The number of nitriles is 1. The lowest BCUT2D eigenvalue weighted by Gasteiger charge is -2.19. The molecule has 0 saturated heterocycles. The molecule has 0 bridgehead atoms. The Labute approximate surface area is 159 Å². The number of thioether (sulfide) groups is 1. The molecule has 0 aromatic heterocycles. The van der Waals surface area contributed by atoms with Crippen LogP contribution < -0.4 is 0 Å². The number of hydrogen-bond acceptors (Lipinski definition) is 6. The number of rotatable bonds is 10. The molecule has 0 N–H and O–H groups in total. The molecule has 0 saturated carbocycles. The molecule has 6 heteroatoms. The van der Waals surface area contributed by atoms with Crippen LogP contribution in [0.1, 0.15) is 56.3 Å². The summed E-state index contributed by atoms with van der Waals surface area (Å²) in [5.74, 6) is -0.475. The number of esters is 1. The summed E-state index contributed by atoms with van der Waals surface area (Å²) < 4.78 is 11.2. The summed E-state index contributed by atoms with van der Waals surface area (Å²) in [5, 5.41) is 9.48. The molecule has 0 aliphatic carbocycles. The van der Waals surface area contributed by atoms with Crippen molar-refractivity contribution in [3.8, 4) is 6.07 Å². The summed E-state index contributed by atoms with van der Waals surface area (Å²) in [5.41, 5.74) is 0.447. The van der Waals surface area contributed by atoms with Crippen LogP contribution in [0.2, 0.25) is 0 Å². The van der Waals surface area contributed by atoms with Crippen molar-refractivity contribution in [1.29, 1.82) is 5.26 Å². The molecule has 1 aromatic carbocycles. The van der Waals surface area contributed by atoms with Crippen LogP contribution in [0, 0.1) is 11.3 Å². The van der Waals surface area contributed by atoms with E-state index >= 15 is 0 Å². The van der Waals surface area contributed by atoms with E-state index < -0.39 is 12.1 Å². The van der Waals surface area contributed by atoms with Gasteiger partial charge in [-0.1, -0.05) is 56.1 Å². The van der Waals surface area contributed by atoms with Gasteiger partial charge in [-0.3, -0.25) is 0 Å². The van der Waals surface area contributed by atoms with Gasteiger partial charge in [-0.15, -0.1) is 0 Å². The first-order chi connectivity index (χ1) is 12.1. The minimum Gasteiger partial charge on any atom is -0.479 e. The first-order valence-electron chi connectivity index (χ1n) is 8.59. The van der Waals surface area contributed by atoms with Gasteiger partial charge in [0, 0.05) is 11.7 Å². The van der Waals surface area contributed by atoms with E-state index in [-0.39, 0.29) is 5.25 Å². The molecule has 136 valence electrons. The molecule has 0 heterocycles. The Morgan fingerprint density at radius 1 is 1.28 bits per heavy atom. The number of carbonyl (C=O) groups is 1. The predicted octanol–water partition coefficient (Wildman–Crippen LogP) is 5.13. The average Bonchev–Trinajstić information content (AvgIpc) is 2.62. The molecule has 0 aliphatic heterocycles. The van der Waals surface area contributed by atoms with Crippen molar-refractivity contribution < 1.29 is 14.3 Å². The van der Waals surface area contributed by atoms with Crippen molar-refractivity contribution in [1.82, 2.24) is 0 Å². The molecule has 0 aliphatic rings. The van der Waals surface area contributed by atoms with Gasteiger partial charge in [0.2, 0.25) is 4.38 Å². The highest BCUT2D eigenvalue weighted by Gasteiger charge is 2.22. The van der Waals surface area contributed by atoms with Gasteiger partial charge in [-0.2, -0.15) is 5.26 Å². The first-order valence-corrected chi connectivity index (χ1v) is 9.88. The number of benzene rings is 1. The van der Waals surface area contributed by atoms with Gasteiger partial charge >= 0.3 is 5.97 Å². The normalized spacial score (nSPS) is 12.7. The lowest BCUT2D eigenvalue weighted by Crippen LogP contribution is -2.22. The quantitative estimate of drug-likeness (QED) is 0.319. The van der Waals surface area contributed by atoms with Crippen LogP contribution in [0.25, 0.3) is 0 Å². The van der Waals surface area contributed by atoms with Crippen LogP contribution in [0.15, 0.2) is 30.3 Å². The molecule has 0 amide bonds. The van der Waals surface area contributed by atoms with Gasteiger partial charge in [-0.25, -0.2) is 4.79 Å². The average molecular weight is 380 g/mol. The highest BCUT2D eigenvalue weighted by atomic mass is 32.2. The molecule has 4 nitrogen and oxygen atoms in total. The maximum atomic E-state index is 12.1. The summed E-state index contributed by atoms with van der Waals surface area (Å²) in [6.07, 6.45) is 3.85. The molecule has 0 radical (unpaired) electrons. The molecule has 2 unspecified atom stereocenters. The zero-order valence-corrected chi connectivity index (χ0v) is 16.4. The van der Waals surface area contributed by atoms with E-state index in [0.29, 0.717) is 23.0 Å². The molecule has 2 atom stereocenters. The lowest BCUT2D eigenvalue weighted by molar-refractivity contribution is 0.0392. The number of hydrogen-bond donors (Lipinski definition) is 0. The van der Waals surface area contributed by atoms with Crippen molar-refractivity contribution in [2.24, 2.45) is 0 Å². The summed E-state index contributed by atoms with van der Waals surface area (Å²) in [7, 11) is 0. The van der Waals surface area contributed by atoms with Crippen LogP contribution in [0.5, 0.6) is 0 Å². The zero-order chi connectivity index (χ0) is 18.5. The van der Waals surface area contributed by atoms with Crippen molar-refractivity contribution in [2.75, 3.05) is 6.61 Å². The van der Waals surface area contributed by atoms with E-state index in [1.165, 1.54) is 11.8 Å². The summed E-state index contributed by atoms with van der Waals surface area (Å²) in [6.45, 7) is 4.56. The predicted molar refractivity (Wildman–Crippen MR) is 106 cm³/mol. The van der Waals surface area contributed by atoms with E-state index in [1.807, 2.05) is 13.0 Å². The third-order valence-electron chi connectivity index (χ3n) is 3.53. The van der Waals surface area contributed by atoms with Crippen LogP contribution in [0.4, 0.5) is 0 Å². The largest absolute Gasteiger partial charge is 0.479 e. The number of ether oxygens (including phenoxy) is 2. The molecule has 1 rings (SSSR count). The Balaban J connectivity index is 2.65. The molecular formula is C19H25NO3S2.